The molecule has 0 heterocycles. The van der Waals surface area contributed by atoms with Crippen molar-refractivity contribution in [1.82, 2.24) is 0 Å². The molecule has 0 saturated heterocycles. The molecule has 0 radical (unpaired) electrons. The lowest BCUT2D eigenvalue weighted by molar-refractivity contribution is -0.167. The van der Waals surface area contributed by atoms with Crippen LogP contribution in [0.1, 0.15) is 329 Å². The molecule has 0 fully saturated rings. The van der Waals surface area contributed by atoms with Crippen molar-refractivity contribution in [2.24, 2.45) is 5.92 Å². The fourth-order valence-electron chi connectivity index (χ4n) is 8.89. The van der Waals surface area contributed by atoms with Crippen LogP contribution in [0.15, 0.2) is 0 Å². The fraction of sp³-hybridized carbons (Fsp3) is 0.948. The van der Waals surface area contributed by atoms with E-state index in [1.807, 2.05) is 0 Å². The van der Waals surface area contributed by atoms with Crippen molar-refractivity contribution in [3.8, 4) is 0 Å². The normalized spacial score (nSPS) is 12.4. The SMILES string of the molecule is CCCCCCCCCCCCCCCCCCCCC(=O)OC[C@@H](COC(=O)CCCCCCCCC(C)CC)OC(=O)CCCCCCCCCCCCCCCCCCCC. The Labute approximate surface area is 399 Å². The minimum atomic E-state index is -0.762. The molecule has 0 aliphatic rings. The first-order valence-electron chi connectivity index (χ1n) is 28.9. The summed E-state index contributed by atoms with van der Waals surface area (Å²) in [6, 6.07) is 0. The van der Waals surface area contributed by atoms with Gasteiger partial charge in [-0.1, -0.05) is 291 Å². The highest BCUT2D eigenvalue weighted by molar-refractivity contribution is 5.71. The topological polar surface area (TPSA) is 78.9 Å². The van der Waals surface area contributed by atoms with Gasteiger partial charge in [-0.25, -0.2) is 0 Å². The zero-order valence-corrected chi connectivity index (χ0v) is 43.8. The second kappa shape index (κ2) is 52.4. The molecule has 0 aromatic carbocycles. The molecule has 0 aromatic rings. The van der Waals surface area contributed by atoms with Crippen molar-refractivity contribution in [2.75, 3.05) is 13.2 Å². The van der Waals surface area contributed by atoms with Crippen LogP contribution in [0.25, 0.3) is 0 Å². The second-order valence-corrected chi connectivity index (χ2v) is 20.2. The van der Waals surface area contributed by atoms with Gasteiger partial charge in [0.2, 0.25) is 0 Å². The first kappa shape index (κ1) is 62.4. The van der Waals surface area contributed by atoms with Crippen LogP contribution < -0.4 is 0 Å². The number of hydrogen-bond acceptors (Lipinski definition) is 6. The van der Waals surface area contributed by atoms with E-state index in [9.17, 15) is 14.4 Å². The first-order chi connectivity index (χ1) is 31.4. The Bertz CT molecular complexity index is 966. The van der Waals surface area contributed by atoms with Crippen LogP contribution in [-0.4, -0.2) is 37.2 Å². The molecule has 0 aromatic heterocycles. The summed E-state index contributed by atoms with van der Waals surface area (Å²) in [5.74, 6) is -0.0262. The van der Waals surface area contributed by atoms with Gasteiger partial charge >= 0.3 is 17.9 Å². The van der Waals surface area contributed by atoms with Crippen LogP contribution in [0.5, 0.6) is 0 Å². The third-order valence-electron chi connectivity index (χ3n) is 13.7. The Balaban J connectivity index is 4.24. The number of hydrogen-bond donors (Lipinski definition) is 0. The zero-order valence-electron chi connectivity index (χ0n) is 43.8. The molecule has 64 heavy (non-hydrogen) atoms. The van der Waals surface area contributed by atoms with Gasteiger partial charge in [0.15, 0.2) is 6.10 Å². The smallest absolute Gasteiger partial charge is 0.306 e. The lowest BCUT2D eigenvalue weighted by Gasteiger charge is -2.18. The quantitative estimate of drug-likeness (QED) is 0.0344. The molecule has 0 spiro atoms. The van der Waals surface area contributed by atoms with Crippen molar-refractivity contribution in [2.45, 2.75) is 336 Å². The molecule has 0 aliphatic carbocycles. The van der Waals surface area contributed by atoms with E-state index in [1.54, 1.807) is 0 Å². The van der Waals surface area contributed by atoms with E-state index in [1.165, 1.54) is 225 Å². The summed E-state index contributed by atoms with van der Waals surface area (Å²) in [5.41, 5.74) is 0. The van der Waals surface area contributed by atoms with Crippen molar-refractivity contribution >= 4 is 17.9 Å². The van der Waals surface area contributed by atoms with Gasteiger partial charge in [0.1, 0.15) is 13.2 Å². The molecule has 2 atom stereocenters. The van der Waals surface area contributed by atoms with Gasteiger partial charge in [-0.15, -0.1) is 0 Å². The van der Waals surface area contributed by atoms with E-state index in [2.05, 4.69) is 27.7 Å². The summed E-state index contributed by atoms with van der Waals surface area (Å²) < 4.78 is 16.9. The summed E-state index contributed by atoms with van der Waals surface area (Å²) in [6.07, 6.45) is 56.7. The molecule has 0 rings (SSSR count). The molecular formula is C58H112O6. The Morgan fingerprint density at radius 2 is 0.547 bits per heavy atom. The zero-order chi connectivity index (χ0) is 46.7. The van der Waals surface area contributed by atoms with Crippen LogP contribution in [-0.2, 0) is 28.6 Å². The van der Waals surface area contributed by atoms with Gasteiger partial charge in [0, 0.05) is 19.3 Å². The van der Waals surface area contributed by atoms with Gasteiger partial charge < -0.3 is 14.2 Å². The number of rotatable bonds is 53. The first-order valence-corrected chi connectivity index (χ1v) is 28.9. The lowest BCUT2D eigenvalue weighted by Crippen LogP contribution is -2.30. The number of unbranched alkanes of at least 4 members (excludes halogenated alkanes) is 39. The van der Waals surface area contributed by atoms with E-state index in [0.29, 0.717) is 19.3 Å². The predicted octanol–water partition coefficient (Wildman–Crippen LogP) is 19.0. The van der Waals surface area contributed by atoms with Gasteiger partial charge in [0.05, 0.1) is 0 Å². The van der Waals surface area contributed by atoms with Crippen LogP contribution in [0.3, 0.4) is 0 Å². The minimum absolute atomic E-state index is 0.0628. The lowest BCUT2D eigenvalue weighted by atomic mass is 10.00. The Morgan fingerprint density at radius 3 is 0.812 bits per heavy atom. The van der Waals surface area contributed by atoms with E-state index < -0.39 is 6.10 Å². The fourth-order valence-corrected chi connectivity index (χ4v) is 8.89. The van der Waals surface area contributed by atoms with E-state index in [4.69, 9.17) is 14.2 Å². The van der Waals surface area contributed by atoms with Gasteiger partial charge in [0.25, 0.3) is 0 Å². The van der Waals surface area contributed by atoms with Crippen LogP contribution in [0.4, 0.5) is 0 Å². The Morgan fingerprint density at radius 1 is 0.312 bits per heavy atom. The Kier molecular flexibility index (Phi) is 51.1. The molecule has 0 bridgehead atoms. The maximum absolute atomic E-state index is 12.8. The maximum atomic E-state index is 12.8. The molecule has 0 amide bonds. The van der Waals surface area contributed by atoms with E-state index >= 15 is 0 Å². The summed E-state index contributed by atoms with van der Waals surface area (Å²) in [6.45, 7) is 9.03. The third kappa shape index (κ3) is 49.8. The van der Waals surface area contributed by atoms with Crippen LogP contribution in [0.2, 0.25) is 0 Å². The highest BCUT2D eigenvalue weighted by Gasteiger charge is 2.19. The maximum Gasteiger partial charge on any atom is 0.306 e. The van der Waals surface area contributed by atoms with E-state index in [-0.39, 0.29) is 31.1 Å². The van der Waals surface area contributed by atoms with Crippen molar-refractivity contribution < 1.29 is 28.6 Å². The highest BCUT2D eigenvalue weighted by atomic mass is 16.6. The van der Waals surface area contributed by atoms with Crippen molar-refractivity contribution in [3.05, 3.63) is 0 Å². The molecule has 0 aliphatic heterocycles. The van der Waals surface area contributed by atoms with Crippen molar-refractivity contribution in [1.29, 1.82) is 0 Å². The van der Waals surface area contributed by atoms with Crippen molar-refractivity contribution in [3.63, 3.8) is 0 Å². The number of carbonyl (C=O) groups is 3. The number of esters is 3. The summed E-state index contributed by atoms with van der Waals surface area (Å²) in [4.78, 5) is 38.1. The van der Waals surface area contributed by atoms with Gasteiger partial charge in [-0.05, 0) is 25.2 Å². The second-order valence-electron chi connectivity index (χ2n) is 20.2. The van der Waals surface area contributed by atoms with Gasteiger partial charge in [-0.2, -0.15) is 0 Å². The molecule has 0 saturated carbocycles. The molecule has 6 nitrogen and oxygen atoms in total. The monoisotopic (exact) mass is 905 g/mol. The largest absolute Gasteiger partial charge is 0.462 e. The highest BCUT2D eigenvalue weighted by Crippen LogP contribution is 2.18. The molecular weight excluding hydrogens is 793 g/mol. The Hall–Kier alpha value is -1.59. The molecule has 1 unspecified atom stereocenters. The third-order valence-corrected chi connectivity index (χ3v) is 13.7. The van der Waals surface area contributed by atoms with Crippen LogP contribution in [0, 0.1) is 5.92 Å². The summed E-state index contributed by atoms with van der Waals surface area (Å²) in [7, 11) is 0. The number of carbonyl (C=O) groups excluding carboxylic acids is 3. The van der Waals surface area contributed by atoms with E-state index in [0.717, 1.165) is 63.7 Å². The summed E-state index contributed by atoms with van der Waals surface area (Å²) in [5, 5.41) is 0. The average Bonchev–Trinajstić information content (AvgIpc) is 3.29. The molecule has 0 N–H and O–H groups in total. The minimum Gasteiger partial charge on any atom is -0.462 e. The summed E-state index contributed by atoms with van der Waals surface area (Å²) >= 11 is 0. The molecule has 6 heteroatoms. The standard InChI is InChI=1S/C58H112O6/c1-5-8-10-12-14-16-18-20-22-24-26-28-30-32-34-36-41-45-49-56(59)62-52-55(53-63-57(60)50-46-42-39-38-40-44-48-54(4)7-3)64-58(61)51-47-43-37-35-33-31-29-27-25-23-21-19-17-15-13-11-9-6-2/h54-55H,5-53H2,1-4H3/t54?,55-/m0/s1. The van der Waals surface area contributed by atoms with Crippen LogP contribution >= 0.6 is 0 Å². The number of ether oxygens (including phenoxy) is 3. The average molecular weight is 906 g/mol. The predicted molar refractivity (Wildman–Crippen MR) is 275 cm³/mol. The molecule has 380 valence electrons. The van der Waals surface area contributed by atoms with Gasteiger partial charge in [-0.3, -0.25) is 14.4 Å².